The fraction of sp³-hybridized carbons (Fsp3) is 0.800. The molecule has 0 saturated carbocycles. The number of hydrogen-bond acceptors (Lipinski definition) is 3. The van der Waals surface area contributed by atoms with Gasteiger partial charge in [-0.25, -0.2) is 5.43 Å². The van der Waals surface area contributed by atoms with Crippen molar-refractivity contribution in [2.24, 2.45) is 11.7 Å². The second kappa shape index (κ2) is 5.01. The van der Waals surface area contributed by atoms with Gasteiger partial charge in [0.2, 0.25) is 6.73 Å². The molecule has 10 heavy (non-hydrogen) atoms. The van der Waals surface area contributed by atoms with Gasteiger partial charge in [0, 0.05) is 0 Å². The highest BCUT2D eigenvalue weighted by molar-refractivity contribution is 5.46. The molecule has 0 amide bonds. The molecule has 0 bridgehead atoms. The van der Waals surface area contributed by atoms with E-state index in [-0.39, 0.29) is 6.10 Å². The van der Waals surface area contributed by atoms with Crippen molar-refractivity contribution in [1.29, 1.82) is 0 Å². The van der Waals surface area contributed by atoms with Gasteiger partial charge in [-0.15, -0.1) is 4.68 Å². The standard InChI is InChI=1S/C5H14N4O/c1-5(2)10-4-9(7)3-8-6/h3,5H,4,6-7H2,1-2H3/p+1. The predicted molar refractivity (Wildman–Crippen MR) is 38.9 cm³/mol. The topological polar surface area (TPSA) is 76.3 Å². The smallest absolute Gasteiger partial charge is 0.275 e. The van der Waals surface area contributed by atoms with Gasteiger partial charge in [0.15, 0.2) is 0 Å². The van der Waals surface area contributed by atoms with E-state index in [1.54, 1.807) is 0 Å². The van der Waals surface area contributed by atoms with E-state index in [1.807, 2.05) is 13.8 Å². The van der Waals surface area contributed by atoms with E-state index in [0.717, 1.165) is 0 Å². The summed E-state index contributed by atoms with van der Waals surface area (Å²) in [6.45, 7) is 4.20. The highest BCUT2D eigenvalue weighted by Crippen LogP contribution is 1.84. The molecule has 0 fully saturated rings. The van der Waals surface area contributed by atoms with Crippen molar-refractivity contribution in [3.05, 3.63) is 0 Å². The van der Waals surface area contributed by atoms with Crippen molar-refractivity contribution in [2.45, 2.75) is 20.0 Å². The molecule has 0 aliphatic carbocycles. The number of hydrazine groups is 2. The Balaban J connectivity index is 3.39. The molecule has 0 atom stereocenters. The minimum absolute atomic E-state index is 0.178. The van der Waals surface area contributed by atoms with Crippen LogP contribution in [0.3, 0.4) is 0 Å². The second-order valence-corrected chi connectivity index (χ2v) is 2.15. The van der Waals surface area contributed by atoms with E-state index >= 15 is 0 Å². The van der Waals surface area contributed by atoms with Crippen molar-refractivity contribution < 1.29 is 9.42 Å². The van der Waals surface area contributed by atoms with Gasteiger partial charge in [0.1, 0.15) is 0 Å². The molecule has 0 aromatic rings. The third-order valence-electron chi connectivity index (χ3n) is 0.797. The van der Waals surface area contributed by atoms with Crippen LogP contribution in [0.5, 0.6) is 0 Å². The van der Waals surface area contributed by atoms with Crippen molar-refractivity contribution in [3.8, 4) is 0 Å². The van der Waals surface area contributed by atoms with E-state index in [1.165, 1.54) is 11.0 Å². The molecule has 0 radical (unpaired) electrons. The van der Waals surface area contributed by atoms with E-state index in [2.05, 4.69) is 5.43 Å². The molecule has 60 valence electrons. The Morgan fingerprint density at radius 1 is 1.70 bits per heavy atom. The lowest BCUT2D eigenvalue weighted by Gasteiger charge is -2.04. The second-order valence-electron chi connectivity index (χ2n) is 2.15. The van der Waals surface area contributed by atoms with Crippen LogP contribution in [0, 0.1) is 0 Å². The van der Waals surface area contributed by atoms with Crippen LogP contribution in [0.1, 0.15) is 13.8 Å². The lowest BCUT2D eigenvalue weighted by molar-refractivity contribution is -0.579. The Morgan fingerprint density at radius 2 is 2.30 bits per heavy atom. The average molecular weight is 147 g/mol. The van der Waals surface area contributed by atoms with Crippen molar-refractivity contribution in [3.63, 3.8) is 0 Å². The average Bonchev–Trinajstić information content (AvgIpc) is 1.85. The van der Waals surface area contributed by atoms with Gasteiger partial charge < -0.3 is 4.74 Å². The molecule has 0 aromatic heterocycles. The molecule has 0 saturated heterocycles. The summed E-state index contributed by atoms with van der Waals surface area (Å²) in [6, 6.07) is 0. The van der Waals surface area contributed by atoms with Crippen LogP contribution in [0.2, 0.25) is 0 Å². The first-order valence-electron chi connectivity index (χ1n) is 3.09. The lowest BCUT2D eigenvalue weighted by Crippen LogP contribution is -2.33. The molecule has 0 spiro atoms. The molecule has 0 unspecified atom stereocenters. The SMILES string of the molecule is CC(C)OC/[N+](N)=C/NN. The summed E-state index contributed by atoms with van der Waals surface area (Å²) >= 11 is 0. The monoisotopic (exact) mass is 147 g/mol. The lowest BCUT2D eigenvalue weighted by atomic mass is 10.5. The van der Waals surface area contributed by atoms with Gasteiger partial charge >= 0.3 is 0 Å². The molecule has 5 nitrogen and oxygen atoms in total. The first-order valence-corrected chi connectivity index (χ1v) is 3.09. The summed E-state index contributed by atoms with van der Waals surface area (Å²) in [6.07, 6.45) is 1.60. The van der Waals surface area contributed by atoms with Crippen molar-refractivity contribution >= 4 is 6.34 Å². The number of nitrogens with one attached hydrogen (secondary N) is 1. The van der Waals surface area contributed by atoms with E-state index in [4.69, 9.17) is 16.4 Å². The summed E-state index contributed by atoms with van der Waals surface area (Å²) in [5, 5.41) is 0. The zero-order chi connectivity index (χ0) is 7.98. The number of hydrogen-bond donors (Lipinski definition) is 3. The summed E-state index contributed by atoms with van der Waals surface area (Å²) < 4.78 is 6.45. The molecule has 0 aliphatic heterocycles. The van der Waals surface area contributed by atoms with Gasteiger partial charge in [-0.05, 0) is 13.8 Å². The zero-order valence-electron chi connectivity index (χ0n) is 6.37. The molecule has 0 aliphatic rings. The number of hydrazone groups is 1. The minimum Gasteiger partial charge on any atom is -0.338 e. The number of ether oxygens (including phenoxy) is 1. The van der Waals surface area contributed by atoms with E-state index in [9.17, 15) is 0 Å². The number of rotatable bonds is 4. The van der Waals surface area contributed by atoms with Crippen molar-refractivity contribution in [2.75, 3.05) is 6.73 Å². The third kappa shape index (κ3) is 5.33. The third-order valence-corrected chi connectivity index (χ3v) is 0.797. The molecular weight excluding hydrogens is 132 g/mol. The van der Waals surface area contributed by atoms with Crippen LogP contribution in [-0.4, -0.2) is 23.9 Å². The summed E-state index contributed by atoms with van der Waals surface area (Å²) in [5.74, 6) is 10.3. The Hall–Kier alpha value is -0.810. The summed E-state index contributed by atoms with van der Waals surface area (Å²) in [4.78, 5) is 0. The predicted octanol–water partition coefficient (Wildman–Crippen LogP) is -1.25. The molecule has 0 aromatic carbocycles. The number of nitrogens with zero attached hydrogens (tertiary/aromatic N) is 1. The van der Waals surface area contributed by atoms with E-state index in [0.29, 0.717) is 6.73 Å². The Labute approximate surface area is 60.6 Å². The first-order chi connectivity index (χ1) is 4.66. The summed E-state index contributed by atoms with van der Waals surface area (Å²) in [5.41, 5.74) is 2.29. The maximum absolute atomic E-state index is 5.34. The maximum Gasteiger partial charge on any atom is 0.275 e. The zero-order valence-corrected chi connectivity index (χ0v) is 6.37. The highest BCUT2D eigenvalue weighted by atomic mass is 16.5. The van der Waals surface area contributed by atoms with Gasteiger partial charge in [-0.1, -0.05) is 0 Å². The van der Waals surface area contributed by atoms with Crippen LogP contribution in [0.25, 0.3) is 0 Å². The maximum atomic E-state index is 5.34. The van der Waals surface area contributed by atoms with Crippen LogP contribution < -0.4 is 17.1 Å². The van der Waals surface area contributed by atoms with Crippen LogP contribution >= 0.6 is 0 Å². The number of nitrogens with two attached hydrogens (primary N) is 2. The van der Waals surface area contributed by atoms with Crippen LogP contribution in [-0.2, 0) is 4.74 Å². The quantitative estimate of drug-likeness (QED) is 0.116. The Morgan fingerprint density at radius 3 is 2.70 bits per heavy atom. The van der Waals surface area contributed by atoms with Gasteiger partial charge in [-0.2, -0.15) is 5.84 Å². The fourth-order valence-electron chi connectivity index (χ4n) is 0.368. The fourth-order valence-corrected chi connectivity index (χ4v) is 0.368. The molecular formula is C5H15N4O+. The minimum atomic E-state index is 0.178. The Kier molecular flexibility index (Phi) is 4.61. The molecule has 0 heterocycles. The van der Waals surface area contributed by atoms with Gasteiger partial charge in [0.05, 0.1) is 6.10 Å². The van der Waals surface area contributed by atoms with E-state index < -0.39 is 0 Å². The van der Waals surface area contributed by atoms with Crippen LogP contribution in [0.4, 0.5) is 0 Å². The van der Waals surface area contributed by atoms with Gasteiger partial charge in [-0.3, -0.25) is 5.84 Å². The van der Waals surface area contributed by atoms with Crippen molar-refractivity contribution in [1.82, 2.24) is 5.43 Å². The molecule has 0 rings (SSSR count). The molecule has 5 N–H and O–H groups in total. The molecule has 5 heteroatoms. The normalized spacial score (nSPS) is 12.2. The first kappa shape index (κ1) is 9.19. The summed E-state index contributed by atoms with van der Waals surface area (Å²) in [7, 11) is 0. The largest absolute Gasteiger partial charge is 0.338 e. The van der Waals surface area contributed by atoms with Crippen LogP contribution in [0.15, 0.2) is 0 Å². The highest BCUT2D eigenvalue weighted by Gasteiger charge is 1.95. The Bertz CT molecular complexity index is 112. The van der Waals surface area contributed by atoms with Gasteiger partial charge in [0.25, 0.3) is 6.34 Å².